The number of rotatable bonds is 6. The lowest BCUT2D eigenvalue weighted by atomic mass is 10.1. The van der Waals surface area contributed by atoms with Crippen molar-refractivity contribution in [2.45, 2.75) is 13.8 Å². The molecule has 2 rings (SSSR count). The zero-order valence-corrected chi connectivity index (χ0v) is 14.8. The molecule has 0 saturated heterocycles. The van der Waals surface area contributed by atoms with Crippen LogP contribution in [0.1, 0.15) is 29.8 Å². The summed E-state index contributed by atoms with van der Waals surface area (Å²) in [6.07, 6.45) is 0. The van der Waals surface area contributed by atoms with Crippen LogP contribution in [0.5, 0.6) is 0 Å². The van der Waals surface area contributed by atoms with Crippen molar-refractivity contribution in [3.05, 3.63) is 73.8 Å². The molecule has 0 aliphatic heterocycles. The summed E-state index contributed by atoms with van der Waals surface area (Å²) in [6, 6.07) is 9.28. The van der Waals surface area contributed by atoms with E-state index in [0.717, 1.165) is 18.2 Å². The van der Waals surface area contributed by atoms with E-state index in [2.05, 4.69) is 15.8 Å². The zero-order valence-electron chi connectivity index (χ0n) is 14.8. The molecule has 0 heterocycles. The largest absolute Gasteiger partial charge is 0.326 e. The van der Waals surface area contributed by atoms with Crippen LogP contribution in [0.25, 0.3) is 0 Å². The lowest BCUT2D eigenvalue weighted by molar-refractivity contribution is -0.394. The summed E-state index contributed by atoms with van der Waals surface area (Å²) in [4.78, 5) is 43.3. The number of benzene rings is 2. The summed E-state index contributed by atoms with van der Waals surface area (Å²) in [6.45, 7) is 3.00. The van der Waals surface area contributed by atoms with E-state index in [1.54, 1.807) is 31.2 Å². The first-order chi connectivity index (χ1) is 13.2. The molecule has 0 bridgehead atoms. The molecule has 11 nitrogen and oxygen atoms in total. The molecule has 2 amide bonds. The Hall–Kier alpha value is -4.15. The smallest absolute Gasteiger partial charge is 0.277 e. The Morgan fingerprint density at radius 2 is 1.43 bits per heavy atom. The number of anilines is 1. The Bertz CT molecular complexity index is 952. The van der Waals surface area contributed by atoms with Crippen LogP contribution in [0.2, 0.25) is 0 Å². The highest BCUT2D eigenvalue weighted by Gasteiger charge is 2.19. The molecule has 0 unspecified atom stereocenters. The summed E-state index contributed by atoms with van der Waals surface area (Å²) in [5.41, 5.74) is 2.46. The van der Waals surface area contributed by atoms with Gasteiger partial charge in [0.2, 0.25) is 5.91 Å². The van der Waals surface area contributed by atoms with Crippen LogP contribution in [-0.4, -0.2) is 27.4 Å². The van der Waals surface area contributed by atoms with Crippen LogP contribution in [0.15, 0.2) is 47.6 Å². The number of hydrogen-bond donors (Lipinski definition) is 2. The zero-order chi connectivity index (χ0) is 20.8. The summed E-state index contributed by atoms with van der Waals surface area (Å²) in [7, 11) is 0. The Labute approximate surface area is 158 Å². The summed E-state index contributed by atoms with van der Waals surface area (Å²) >= 11 is 0. The van der Waals surface area contributed by atoms with Crippen LogP contribution in [0, 0.1) is 20.2 Å². The second-order valence-corrected chi connectivity index (χ2v) is 5.65. The monoisotopic (exact) mass is 385 g/mol. The minimum Gasteiger partial charge on any atom is -0.326 e. The quantitative estimate of drug-likeness (QED) is 0.442. The highest BCUT2D eigenvalue weighted by atomic mass is 16.6. The van der Waals surface area contributed by atoms with E-state index in [-0.39, 0.29) is 11.5 Å². The first-order valence-electron chi connectivity index (χ1n) is 7.84. The molecule has 0 spiro atoms. The van der Waals surface area contributed by atoms with Gasteiger partial charge >= 0.3 is 0 Å². The Morgan fingerprint density at radius 1 is 0.893 bits per heavy atom. The first-order valence-corrected chi connectivity index (χ1v) is 7.84. The number of nitrogens with zero attached hydrogens (tertiary/aromatic N) is 3. The second-order valence-electron chi connectivity index (χ2n) is 5.65. The Kier molecular flexibility index (Phi) is 6.11. The third-order valence-corrected chi connectivity index (χ3v) is 3.53. The van der Waals surface area contributed by atoms with Crippen LogP contribution >= 0.6 is 0 Å². The van der Waals surface area contributed by atoms with Crippen molar-refractivity contribution in [3.8, 4) is 0 Å². The molecule has 2 aromatic rings. The van der Waals surface area contributed by atoms with Gasteiger partial charge in [0.1, 0.15) is 0 Å². The van der Waals surface area contributed by atoms with Gasteiger partial charge in [-0.1, -0.05) is 12.1 Å². The molecule has 0 atom stereocenters. The van der Waals surface area contributed by atoms with Gasteiger partial charge in [-0.3, -0.25) is 29.8 Å². The van der Waals surface area contributed by atoms with E-state index >= 15 is 0 Å². The Balaban J connectivity index is 2.19. The fourth-order valence-electron chi connectivity index (χ4n) is 2.20. The lowest BCUT2D eigenvalue weighted by Gasteiger charge is -2.05. The number of nitrogens with one attached hydrogen (secondary N) is 2. The number of amides is 2. The van der Waals surface area contributed by atoms with Gasteiger partial charge in [0.05, 0.1) is 27.2 Å². The van der Waals surface area contributed by atoms with Gasteiger partial charge in [-0.05, 0) is 24.6 Å². The van der Waals surface area contributed by atoms with Crippen LogP contribution < -0.4 is 10.7 Å². The number of hydrazone groups is 1. The van der Waals surface area contributed by atoms with Gasteiger partial charge in [-0.15, -0.1) is 0 Å². The summed E-state index contributed by atoms with van der Waals surface area (Å²) in [5.74, 6) is -1.04. The normalized spacial score (nSPS) is 10.9. The minimum atomic E-state index is -0.832. The van der Waals surface area contributed by atoms with E-state index in [4.69, 9.17) is 0 Å². The maximum absolute atomic E-state index is 12.2. The number of carbonyl (C=O) groups excluding carboxylic acids is 2. The standard InChI is InChI=1S/C17H15N5O6/c1-10(12-3-5-14(6-4-12)18-11(2)23)19-20-17(24)13-7-15(21(25)26)9-16(8-13)22(27)28/h3-9H,1-2H3,(H,18,23)(H,20,24). The molecule has 0 radical (unpaired) electrons. The van der Waals surface area contributed by atoms with Gasteiger partial charge in [0, 0.05) is 24.7 Å². The minimum absolute atomic E-state index is 0.212. The maximum Gasteiger partial charge on any atom is 0.277 e. The van der Waals surface area contributed by atoms with Gasteiger partial charge in [0.25, 0.3) is 17.3 Å². The third-order valence-electron chi connectivity index (χ3n) is 3.53. The van der Waals surface area contributed by atoms with Gasteiger partial charge < -0.3 is 5.32 Å². The molecule has 28 heavy (non-hydrogen) atoms. The number of nitro groups is 2. The summed E-state index contributed by atoms with van der Waals surface area (Å²) in [5, 5.41) is 28.3. The van der Waals surface area contributed by atoms with Crippen molar-refractivity contribution in [1.29, 1.82) is 0 Å². The van der Waals surface area contributed by atoms with E-state index in [1.807, 2.05) is 0 Å². The van der Waals surface area contributed by atoms with E-state index in [0.29, 0.717) is 17.0 Å². The van der Waals surface area contributed by atoms with E-state index < -0.39 is 27.1 Å². The Morgan fingerprint density at radius 3 is 1.89 bits per heavy atom. The highest BCUT2D eigenvalue weighted by molar-refractivity contribution is 6.01. The maximum atomic E-state index is 12.2. The van der Waals surface area contributed by atoms with Crippen molar-refractivity contribution in [1.82, 2.24) is 5.43 Å². The van der Waals surface area contributed by atoms with Crippen LogP contribution in [-0.2, 0) is 4.79 Å². The molecule has 0 saturated carbocycles. The molecule has 0 aliphatic rings. The van der Waals surface area contributed by atoms with Crippen molar-refractivity contribution >= 4 is 34.6 Å². The van der Waals surface area contributed by atoms with Crippen molar-refractivity contribution in [2.75, 3.05) is 5.32 Å². The van der Waals surface area contributed by atoms with Gasteiger partial charge in [-0.2, -0.15) is 5.10 Å². The number of carbonyl (C=O) groups is 2. The van der Waals surface area contributed by atoms with Crippen LogP contribution in [0.4, 0.5) is 17.1 Å². The molecular formula is C17H15N5O6. The highest BCUT2D eigenvalue weighted by Crippen LogP contribution is 2.22. The lowest BCUT2D eigenvalue weighted by Crippen LogP contribution is -2.19. The molecule has 2 N–H and O–H groups in total. The second kappa shape index (κ2) is 8.49. The SMILES string of the molecule is CC(=O)Nc1ccc(C(C)=NNC(=O)c2cc([N+](=O)[O-])cc([N+](=O)[O-])c2)cc1. The fourth-order valence-corrected chi connectivity index (χ4v) is 2.20. The first kappa shape index (κ1) is 20.2. The number of nitro benzene ring substituents is 2. The topological polar surface area (TPSA) is 157 Å². The van der Waals surface area contributed by atoms with Crippen LogP contribution in [0.3, 0.4) is 0 Å². The summed E-state index contributed by atoms with van der Waals surface area (Å²) < 4.78 is 0. The fraction of sp³-hybridized carbons (Fsp3) is 0.118. The molecule has 0 aliphatic carbocycles. The van der Waals surface area contributed by atoms with Crippen molar-refractivity contribution in [3.63, 3.8) is 0 Å². The van der Waals surface area contributed by atoms with Crippen molar-refractivity contribution < 1.29 is 19.4 Å². The average Bonchev–Trinajstić information content (AvgIpc) is 2.65. The molecular weight excluding hydrogens is 370 g/mol. The predicted molar refractivity (Wildman–Crippen MR) is 100 cm³/mol. The molecule has 144 valence electrons. The third kappa shape index (κ3) is 5.17. The van der Waals surface area contributed by atoms with E-state index in [1.165, 1.54) is 6.92 Å². The number of non-ortho nitro benzene ring substituents is 2. The predicted octanol–water partition coefficient (Wildman–Crippen LogP) is 2.62. The molecule has 11 heteroatoms. The molecule has 2 aromatic carbocycles. The molecule has 0 fully saturated rings. The number of hydrogen-bond acceptors (Lipinski definition) is 7. The van der Waals surface area contributed by atoms with Gasteiger partial charge in [-0.25, -0.2) is 5.43 Å². The van der Waals surface area contributed by atoms with Crippen molar-refractivity contribution in [2.24, 2.45) is 5.10 Å². The van der Waals surface area contributed by atoms with Gasteiger partial charge in [0.15, 0.2) is 0 Å². The van der Waals surface area contributed by atoms with E-state index in [9.17, 15) is 29.8 Å². The molecule has 0 aromatic heterocycles. The average molecular weight is 385 g/mol.